The van der Waals surface area contributed by atoms with E-state index in [1.165, 1.54) is 0 Å². The number of carbonyl (C=O) groups excluding carboxylic acids is 1. The van der Waals surface area contributed by atoms with Crippen molar-refractivity contribution in [2.75, 3.05) is 20.2 Å². The molecule has 0 unspecified atom stereocenters. The molecule has 0 saturated carbocycles. The van der Waals surface area contributed by atoms with Crippen LogP contribution in [0.15, 0.2) is 24.3 Å². The lowest BCUT2D eigenvalue weighted by Gasteiger charge is -2.35. The van der Waals surface area contributed by atoms with Crippen LogP contribution in [-0.4, -0.2) is 49.2 Å². The predicted molar refractivity (Wildman–Crippen MR) is 91.0 cm³/mol. The van der Waals surface area contributed by atoms with Gasteiger partial charge in [0, 0.05) is 25.2 Å². The average molecular weight is 320 g/mol. The van der Waals surface area contributed by atoms with Gasteiger partial charge in [0.05, 0.1) is 7.11 Å². The quantitative estimate of drug-likeness (QED) is 0.875. The molecule has 5 nitrogen and oxygen atoms in total. The van der Waals surface area contributed by atoms with Crippen molar-refractivity contribution in [1.82, 2.24) is 10.2 Å². The maximum Gasteiger partial charge on any atom is 0.260 e. The molecule has 0 spiro atoms. The topological polar surface area (TPSA) is 50.8 Å². The molecule has 0 aromatic heterocycles. The SMILES string of the molecule is COc1ccc(O[C@@H](C)C(=O)NC2CCN(C(C)C)CC2)cc1. The molecule has 0 bridgehead atoms. The van der Waals surface area contributed by atoms with Crippen LogP contribution >= 0.6 is 0 Å². The standard InChI is InChI=1S/C18H28N2O3/c1-13(2)20-11-9-15(10-12-20)19-18(21)14(3)23-17-7-5-16(22-4)6-8-17/h5-8,13-15H,9-12H2,1-4H3,(H,19,21)/t14-/m0/s1. The summed E-state index contributed by atoms with van der Waals surface area (Å²) in [5, 5.41) is 3.11. The van der Waals surface area contributed by atoms with E-state index in [-0.39, 0.29) is 11.9 Å². The Labute approximate surface area is 139 Å². The van der Waals surface area contributed by atoms with Crippen molar-refractivity contribution in [3.05, 3.63) is 24.3 Å². The zero-order chi connectivity index (χ0) is 16.8. The number of rotatable bonds is 6. The van der Waals surface area contributed by atoms with Crippen molar-refractivity contribution in [2.24, 2.45) is 0 Å². The number of amides is 1. The van der Waals surface area contributed by atoms with E-state index in [1.54, 1.807) is 14.0 Å². The second kappa shape index (κ2) is 8.20. The number of nitrogens with zero attached hydrogens (tertiary/aromatic N) is 1. The van der Waals surface area contributed by atoms with Gasteiger partial charge in [0.25, 0.3) is 5.91 Å². The third-order valence-electron chi connectivity index (χ3n) is 4.35. The highest BCUT2D eigenvalue weighted by molar-refractivity contribution is 5.81. The van der Waals surface area contributed by atoms with E-state index >= 15 is 0 Å². The zero-order valence-electron chi connectivity index (χ0n) is 14.5. The summed E-state index contributed by atoms with van der Waals surface area (Å²) < 4.78 is 10.8. The highest BCUT2D eigenvalue weighted by atomic mass is 16.5. The van der Waals surface area contributed by atoms with E-state index < -0.39 is 6.10 Å². The third-order valence-corrected chi connectivity index (χ3v) is 4.35. The summed E-state index contributed by atoms with van der Waals surface area (Å²) in [4.78, 5) is 14.7. The van der Waals surface area contributed by atoms with E-state index in [2.05, 4.69) is 24.1 Å². The van der Waals surface area contributed by atoms with Gasteiger partial charge in [0.1, 0.15) is 11.5 Å². The number of carbonyl (C=O) groups is 1. The Balaban J connectivity index is 1.78. The number of benzene rings is 1. The number of hydrogen-bond acceptors (Lipinski definition) is 4. The fourth-order valence-corrected chi connectivity index (χ4v) is 2.79. The van der Waals surface area contributed by atoms with E-state index in [0.29, 0.717) is 11.8 Å². The van der Waals surface area contributed by atoms with Crippen LogP contribution in [0.4, 0.5) is 0 Å². The van der Waals surface area contributed by atoms with Crippen molar-refractivity contribution in [1.29, 1.82) is 0 Å². The summed E-state index contributed by atoms with van der Waals surface area (Å²) in [5.41, 5.74) is 0. The monoisotopic (exact) mass is 320 g/mol. The second-order valence-corrected chi connectivity index (χ2v) is 6.35. The van der Waals surface area contributed by atoms with Crippen LogP contribution in [0.1, 0.15) is 33.6 Å². The molecular weight excluding hydrogens is 292 g/mol. The summed E-state index contributed by atoms with van der Waals surface area (Å²) >= 11 is 0. The minimum Gasteiger partial charge on any atom is -0.497 e. The van der Waals surface area contributed by atoms with Gasteiger partial charge in [-0.15, -0.1) is 0 Å². The van der Waals surface area contributed by atoms with Crippen LogP contribution in [0.5, 0.6) is 11.5 Å². The van der Waals surface area contributed by atoms with Crippen LogP contribution in [0.3, 0.4) is 0 Å². The number of likely N-dealkylation sites (tertiary alicyclic amines) is 1. The molecule has 1 aliphatic rings. The number of hydrogen-bond donors (Lipinski definition) is 1. The first-order valence-corrected chi connectivity index (χ1v) is 8.34. The lowest BCUT2D eigenvalue weighted by atomic mass is 10.0. The van der Waals surface area contributed by atoms with Gasteiger partial charge in [-0.1, -0.05) is 0 Å². The molecule has 1 amide bonds. The lowest BCUT2D eigenvalue weighted by molar-refractivity contribution is -0.128. The normalized spacial score (nSPS) is 17.8. The maximum absolute atomic E-state index is 12.3. The molecule has 2 rings (SSSR count). The molecule has 0 aliphatic carbocycles. The summed E-state index contributed by atoms with van der Waals surface area (Å²) in [6, 6.07) is 8.08. The summed E-state index contributed by atoms with van der Waals surface area (Å²) in [5.74, 6) is 1.39. The van der Waals surface area contributed by atoms with Gasteiger partial charge in [0.2, 0.25) is 0 Å². The van der Waals surface area contributed by atoms with Gasteiger partial charge in [-0.3, -0.25) is 4.79 Å². The zero-order valence-corrected chi connectivity index (χ0v) is 14.5. The molecule has 1 fully saturated rings. The number of nitrogens with one attached hydrogen (secondary N) is 1. The predicted octanol–water partition coefficient (Wildman–Crippen LogP) is 2.45. The van der Waals surface area contributed by atoms with Gasteiger partial charge in [0.15, 0.2) is 6.10 Å². The summed E-state index contributed by atoms with van der Waals surface area (Å²) in [6.45, 7) is 8.28. The molecule has 5 heteroatoms. The van der Waals surface area contributed by atoms with E-state index in [1.807, 2.05) is 24.3 Å². The third kappa shape index (κ3) is 5.13. The highest BCUT2D eigenvalue weighted by Crippen LogP contribution is 2.18. The van der Waals surface area contributed by atoms with Crippen LogP contribution in [0.2, 0.25) is 0 Å². The maximum atomic E-state index is 12.3. The molecule has 23 heavy (non-hydrogen) atoms. The Bertz CT molecular complexity index is 493. The Morgan fingerprint density at radius 3 is 2.22 bits per heavy atom. The van der Waals surface area contributed by atoms with Crippen molar-refractivity contribution in [3.63, 3.8) is 0 Å². The van der Waals surface area contributed by atoms with Crippen molar-refractivity contribution in [3.8, 4) is 11.5 Å². The van der Waals surface area contributed by atoms with Gasteiger partial charge >= 0.3 is 0 Å². The van der Waals surface area contributed by atoms with Gasteiger partial charge in [-0.05, 0) is 57.9 Å². The van der Waals surface area contributed by atoms with Crippen molar-refractivity contribution < 1.29 is 14.3 Å². The first-order valence-electron chi connectivity index (χ1n) is 8.34. The van der Waals surface area contributed by atoms with Gasteiger partial charge in [-0.2, -0.15) is 0 Å². The molecule has 0 radical (unpaired) electrons. The Hall–Kier alpha value is -1.75. The summed E-state index contributed by atoms with van der Waals surface area (Å²) in [7, 11) is 1.62. The summed E-state index contributed by atoms with van der Waals surface area (Å²) in [6.07, 6.45) is 1.49. The fraction of sp³-hybridized carbons (Fsp3) is 0.611. The van der Waals surface area contributed by atoms with Crippen molar-refractivity contribution in [2.45, 2.75) is 51.8 Å². The molecule has 128 valence electrons. The second-order valence-electron chi connectivity index (χ2n) is 6.35. The Kier molecular flexibility index (Phi) is 6.28. The molecule has 1 saturated heterocycles. The van der Waals surface area contributed by atoms with E-state index in [4.69, 9.17) is 9.47 Å². The number of ether oxygens (including phenoxy) is 2. The van der Waals surface area contributed by atoms with Crippen LogP contribution in [0, 0.1) is 0 Å². The van der Waals surface area contributed by atoms with Gasteiger partial charge in [-0.25, -0.2) is 0 Å². The Morgan fingerprint density at radius 1 is 1.13 bits per heavy atom. The van der Waals surface area contributed by atoms with Crippen LogP contribution in [-0.2, 0) is 4.79 Å². The van der Waals surface area contributed by atoms with Crippen LogP contribution in [0.25, 0.3) is 0 Å². The van der Waals surface area contributed by atoms with Gasteiger partial charge < -0.3 is 19.7 Å². The largest absolute Gasteiger partial charge is 0.497 e. The van der Waals surface area contributed by atoms with Crippen molar-refractivity contribution >= 4 is 5.91 Å². The minimum absolute atomic E-state index is 0.0520. The molecular formula is C18H28N2O3. The van der Waals surface area contributed by atoms with E-state index in [0.717, 1.165) is 31.7 Å². The minimum atomic E-state index is -0.508. The van der Waals surface area contributed by atoms with Crippen LogP contribution < -0.4 is 14.8 Å². The average Bonchev–Trinajstić information content (AvgIpc) is 2.56. The number of piperidine rings is 1. The molecule has 1 atom stereocenters. The molecule has 1 aromatic rings. The first-order chi connectivity index (χ1) is 11.0. The number of methoxy groups -OCH3 is 1. The van der Waals surface area contributed by atoms with E-state index in [9.17, 15) is 4.79 Å². The molecule has 1 N–H and O–H groups in total. The highest BCUT2D eigenvalue weighted by Gasteiger charge is 2.24. The smallest absolute Gasteiger partial charge is 0.260 e. The fourth-order valence-electron chi connectivity index (χ4n) is 2.79. The Morgan fingerprint density at radius 2 is 1.70 bits per heavy atom. The lowest BCUT2D eigenvalue weighted by Crippen LogP contribution is -2.49. The molecule has 1 aliphatic heterocycles. The molecule has 1 heterocycles. The first kappa shape index (κ1) is 17.6. The molecule has 1 aromatic carbocycles.